The number of aromatic nitrogens is 1. The van der Waals surface area contributed by atoms with Gasteiger partial charge in [-0.05, 0) is 0 Å². The van der Waals surface area contributed by atoms with Gasteiger partial charge in [-0.3, -0.25) is 14.9 Å². The lowest BCUT2D eigenvalue weighted by molar-refractivity contribution is -0.138. The topological polar surface area (TPSA) is 108 Å². The van der Waals surface area contributed by atoms with E-state index >= 15 is 0 Å². The molecule has 0 atom stereocenters. The van der Waals surface area contributed by atoms with Crippen LogP contribution in [-0.2, 0) is 16.1 Å². The highest BCUT2D eigenvalue weighted by Crippen LogP contribution is 2.02. The highest BCUT2D eigenvalue weighted by Gasteiger charge is 2.09. The van der Waals surface area contributed by atoms with Crippen LogP contribution in [0.1, 0.15) is 17.8 Å². The van der Waals surface area contributed by atoms with Crippen molar-refractivity contribution < 1.29 is 19.5 Å². The van der Waals surface area contributed by atoms with Gasteiger partial charge in [0.1, 0.15) is 5.01 Å². The highest BCUT2D eigenvalue weighted by molar-refractivity contribution is 7.09. The van der Waals surface area contributed by atoms with Crippen LogP contribution in [0, 0.1) is 0 Å². The molecule has 0 fully saturated rings. The fourth-order valence-corrected chi connectivity index (χ4v) is 1.51. The maximum Gasteiger partial charge on any atom is 0.321 e. The number of hydrogen-bond acceptors (Lipinski definition) is 5. The van der Waals surface area contributed by atoms with Crippen molar-refractivity contribution in [1.82, 2.24) is 15.6 Å². The summed E-state index contributed by atoms with van der Waals surface area (Å²) in [6.07, 6.45) is 1.09. The van der Waals surface area contributed by atoms with E-state index in [4.69, 9.17) is 5.11 Å². The van der Waals surface area contributed by atoms with Crippen molar-refractivity contribution >= 4 is 29.2 Å². The number of carboxylic acids is 1. The number of carbonyl (C=O) groups excluding carboxylic acids is 2. The first-order chi connectivity index (χ1) is 8.08. The molecular weight excluding hydrogens is 246 g/mol. The molecule has 0 aromatic carbocycles. The molecule has 92 valence electrons. The summed E-state index contributed by atoms with van der Waals surface area (Å²) in [4.78, 5) is 36.4. The quantitative estimate of drug-likeness (QED) is 0.704. The number of rotatable bonds is 5. The smallest absolute Gasteiger partial charge is 0.321 e. The van der Waals surface area contributed by atoms with E-state index in [-0.39, 0.29) is 19.4 Å². The van der Waals surface area contributed by atoms with Crippen molar-refractivity contribution in [2.45, 2.75) is 19.4 Å². The van der Waals surface area contributed by atoms with Gasteiger partial charge in [0.15, 0.2) is 0 Å². The predicted molar refractivity (Wildman–Crippen MR) is 59.4 cm³/mol. The molecule has 0 bridgehead atoms. The van der Waals surface area contributed by atoms with Crippen molar-refractivity contribution in [3.63, 3.8) is 0 Å². The van der Waals surface area contributed by atoms with Gasteiger partial charge in [0, 0.05) is 18.0 Å². The van der Waals surface area contributed by atoms with Gasteiger partial charge in [-0.2, -0.15) is 0 Å². The molecule has 1 aromatic heterocycles. The second kappa shape index (κ2) is 6.59. The highest BCUT2D eigenvalue weighted by atomic mass is 32.1. The average molecular weight is 257 g/mol. The lowest BCUT2D eigenvalue weighted by Crippen LogP contribution is -2.39. The Morgan fingerprint density at radius 1 is 1.35 bits per heavy atom. The first-order valence-corrected chi connectivity index (χ1v) is 5.63. The molecule has 0 spiro atoms. The van der Waals surface area contributed by atoms with E-state index in [1.54, 1.807) is 11.6 Å². The molecule has 0 radical (unpaired) electrons. The number of carboxylic acid groups (broad SMARTS) is 1. The van der Waals surface area contributed by atoms with Gasteiger partial charge in [-0.1, -0.05) is 0 Å². The average Bonchev–Trinajstić information content (AvgIpc) is 2.76. The zero-order valence-corrected chi connectivity index (χ0v) is 9.62. The number of nitrogens with zero attached hydrogens (tertiary/aromatic N) is 1. The molecule has 1 aromatic rings. The van der Waals surface area contributed by atoms with Crippen molar-refractivity contribution in [1.29, 1.82) is 0 Å². The Kier molecular flexibility index (Phi) is 5.08. The summed E-state index contributed by atoms with van der Waals surface area (Å²) in [6, 6.07) is -0.657. The van der Waals surface area contributed by atoms with Crippen LogP contribution in [0.3, 0.4) is 0 Å². The fraction of sp³-hybridized carbons (Fsp3) is 0.333. The molecule has 0 saturated heterocycles. The minimum atomic E-state index is -1.08. The van der Waals surface area contributed by atoms with Crippen LogP contribution in [0.4, 0.5) is 4.79 Å². The van der Waals surface area contributed by atoms with E-state index in [1.807, 2.05) is 5.32 Å². The number of imide groups is 1. The van der Waals surface area contributed by atoms with Crippen LogP contribution in [0.2, 0.25) is 0 Å². The van der Waals surface area contributed by atoms with Crippen LogP contribution in [0.15, 0.2) is 11.6 Å². The Bertz CT molecular complexity index is 404. The van der Waals surface area contributed by atoms with E-state index in [0.29, 0.717) is 0 Å². The number of carbonyl (C=O) groups is 3. The van der Waals surface area contributed by atoms with E-state index in [2.05, 4.69) is 10.3 Å². The van der Waals surface area contributed by atoms with Crippen molar-refractivity contribution in [3.05, 3.63) is 16.6 Å². The molecule has 0 aliphatic rings. The zero-order valence-electron chi connectivity index (χ0n) is 8.80. The maximum absolute atomic E-state index is 11.2. The summed E-state index contributed by atoms with van der Waals surface area (Å²) in [7, 11) is 0. The van der Waals surface area contributed by atoms with Gasteiger partial charge in [-0.25, -0.2) is 9.78 Å². The Morgan fingerprint density at radius 3 is 2.71 bits per heavy atom. The van der Waals surface area contributed by atoms with Crippen molar-refractivity contribution in [2.75, 3.05) is 0 Å². The van der Waals surface area contributed by atoms with E-state index in [1.165, 1.54) is 11.3 Å². The van der Waals surface area contributed by atoms with Crippen molar-refractivity contribution in [3.8, 4) is 0 Å². The Morgan fingerprint density at radius 2 is 2.12 bits per heavy atom. The fourth-order valence-electron chi connectivity index (χ4n) is 0.950. The monoisotopic (exact) mass is 257 g/mol. The minimum Gasteiger partial charge on any atom is -0.481 e. The largest absolute Gasteiger partial charge is 0.481 e. The number of urea groups is 1. The second-order valence-corrected chi connectivity index (χ2v) is 4.03. The molecule has 8 heteroatoms. The lowest BCUT2D eigenvalue weighted by Gasteiger charge is -2.04. The van der Waals surface area contributed by atoms with Crippen LogP contribution >= 0.6 is 11.3 Å². The van der Waals surface area contributed by atoms with Gasteiger partial charge in [0.05, 0.1) is 13.0 Å². The van der Waals surface area contributed by atoms with Crippen LogP contribution in [-0.4, -0.2) is 28.0 Å². The summed E-state index contributed by atoms with van der Waals surface area (Å²) in [5.41, 5.74) is 0. The van der Waals surface area contributed by atoms with E-state index in [0.717, 1.165) is 5.01 Å². The standard InChI is InChI=1S/C9H11N3O4S/c13-6(1-2-8(14)15)12-9(16)11-5-7-10-3-4-17-7/h3-4H,1-2,5H2,(H,14,15)(H2,11,12,13,16). The molecule has 0 saturated carbocycles. The molecular formula is C9H11N3O4S. The van der Waals surface area contributed by atoms with Crippen LogP contribution < -0.4 is 10.6 Å². The maximum atomic E-state index is 11.2. The Hall–Kier alpha value is -1.96. The molecule has 1 heterocycles. The SMILES string of the molecule is O=C(O)CCC(=O)NC(=O)NCc1nccs1. The van der Waals surface area contributed by atoms with Gasteiger partial charge in [0.2, 0.25) is 5.91 Å². The number of nitrogens with one attached hydrogen (secondary N) is 2. The Labute approximate surface area is 101 Å². The summed E-state index contributed by atoms with van der Waals surface area (Å²) < 4.78 is 0. The van der Waals surface area contributed by atoms with E-state index < -0.39 is 17.9 Å². The molecule has 17 heavy (non-hydrogen) atoms. The summed E-state index contributed by atoms with van der Waals surface area (Å²) >= 11 is 1.38. The molecule has 3 amide bonds. The molecule has 3 N–H and O–H groups in total. The Balaban J connectivity index is 2.20. The van der Waals surface area contributed by atoms with E-state index in [9.17, 15) is 14.4 Å². The molecule has 1 rings (SSSR count). The normalized spacial score (nSPS) is 9.65. The first-order valence-electron chi connectivity index (χ1n) is 4.76. The van der Waals surface area contributed by atoms with Crippen LogP contribution in [0.25, 0.3) is 0 Å². The molecule has 0 aliphatic carbocycles. The number of aliphatic carboxylic acids is 1. The second-order valence-electron chi connectivity index (χ2n) is 3.05. The summed E-state index contributed by atoms with van der Waals surface area (Å²) in [5, 5.41) is 15.3. The van der Waals surface area contributed by atoms with Gasteiger partial charge in [-0.15, -0.1) is 11.3 Å². The van der Waals surface area contributed by atoms with Gasteiger partial charge in [0.25, 0.3) is 0 Å². The third-order valence-electron chi connectivity index (χ3n) is 1.70. The minimum absolute atomic E-state index is 0.222. The summed E-state index contributed by atoms with van der Waals surface area (Å²) in [5.74, 6) is -1.70. The third kappa shape index (κ3) is 5.61. The third-order valence-corrected chi connectivity index (χ3v) is 2.48. The van der Waals surface area contributed by atoms with Gasteiger partial charge < -0.3 is 10.4 Å². The molecule has 0 unspecified atom stereocenters. The lowest BCUT2D eigenvalue weighted by atomic mass is 10.3. The van der Waals surface area contributed by atoms with Crippen molar-refractivity contribution in [2.24, 2.45) is 0 Å². The number of thiazole rings is 1. The zero-order chi connectivity index (χ0) is 12.7. The van der Waals surface area contributed by atoms with Gasteiger partial charge >= 0.3 is 12.0 Å². The first kappa shape index (κ1) is 13.1. The summed E-state index contributed by atoms with van der Waals surface area (Å²) in [6.45, 7) is 0.232. The molecule has 0 aliphatic heterocycles. The number of hydrogen-bond donors (Lipinski definition) is 3. The predicted octanol–water partition coefficient (Wildman–Crippen LogP) is 0.334. The van der Waals surface area contributed by atoms with Crippen LogP contribution in [0.5, 0.6) is 0 Å². The molecule has 7 nitrogen and oxygen atoms in total. The number of amides is 3.